The largest absolute Gasteiger partial charge is 0.352 e. The van der Waals surface area contributed by atoms with Crippen molar-refractivity contribution in [2.24, 2.45) is 0 Å². The van der Waals surface area contributed by atoms with Crippen molar-refractivity contribution < 1.29 is 22.9 Å². The minimum atomic E-state index is -3.99. The highest BCUT2D eigenvalue weighted by Crippen LogP contribution is 2.24. The van der Waals surface area contributed by atoms with Crippen molar-refractivity contribution in [1.82, 2.24) is 10.2 Å². The molecule has 10 nitrogen and oxygen atoms in total. The third-order valence-corrected chi connectivity index (χ3v) is 7.54. The number of hydrogen-bond acceptors (Lipinski definition) is 6. The van der Waals surface area contributed by atoms with Gasteiger partial charge in [-0.05, 0) is 43.5 Å². The second-order valence-corrected chi connectivity index (χ2v) is 11.2. The predicted octanol–water partition coefficient (Wildman–Crippen LogP) is 3.49. The lowest BCUT2D eigenvalue weighted by Crippen LogP contribution is -2.52. The second kappa shape index (κ2) is 11.7. The third kappa shape index (κ3) is 7.17. The molecule has 1 aliphatic rings. The van der Waals surface area contributed by atoms with Crippen LogP contribution in [0.3, 0.4) is 0 Å². The molecule has 0 radical (unpaired) electrons. The number of benzene rings is 2. The number of anilines is 1. The Hall–Kier alpha value is -3.18. The van der Waals surface area contributed by atoms with Crippen molar-refractivity contribution in [2.45, 2.75) is 51.2 Å². The quantitative estimate of drug-likeness (QED) is 0.365. The van der Waals surface area contributed by atoms with Gasteiger partial charge in [0.25, 0.3) is 5.69 Å². The molecular weight excluding hydrogens is 508 g/mol. The Balaban J connectivity index is 1.90. The molecule has 1 fully saturated rings. The summed E-state index contributed by atoms with van der Waals surface area (Å²) in [6, 6.07) is 11.0. The van der Waals surface area contributed by atoms with E-state index in [4.69, 9.17) is 11.6 Å². The Morgan fingerprint density at radius 1 is 1.17 bits per heavy atom. The molecule has 0 unspecified atom stereocenters. The Morgan fingerprint density at radius 3 is 2.39 bits per heavy atom. The number of halogens is 1. The number of amides is 2. The van der Waals surface area contributed by atoms with Gasteiger partial charge in [0, 0.05) is 29.7 Å². The van der Waals surface area contributed by atoms with Crippen molar-refractivity contribution in [3.05, 3.63) is 69.2 Å². The van der Waals surface area contributed by atoms with Crippen LogP contribution in [0.5, 0.6) is 0 Å². The molecule has 0 saturated heterocycles. The van der Waals surface area contributed by atoms with E-state index in [9.17, 15) is 28.1 Å². The summed E-state index contributed by atoms with van der Waals surface area (Å²) >= 11 is 5.97. The van der Waals surface area contributed by atoms with Crippen LogP contribution in [0.15, 0.2) is 48.5 Å². The van der Waals surface area contributed by atoms with E-state index in [1.165, 1.54) is 23.1 Å². The number of nitrogens with one attached hydrogen (secondary N) is 1. The lowest BCUT2D eigenvalue weighted by atomic mass is 10.1. The average Bonchev–Trinajstić information content (AvgIpc) is 3.34. The first-order valence-electron chi connectivity index (χ1n) is 11.5. The second-order valence-electron chi connectivity index (χ2n) is 8.86. The molecule has 0 bridgehead atoms. The SMILES string of the molecule is C[C@@H](C(=O)NC1CCCC1)N(Cc1ccc(Cl)cc1)C(=O)CN(c1cccc([N+](=O)[O-])c1)S(C)(=O)=O. The summed E-state index contributed by atoms with van der Waals surface area (Å²) in [5.41, 5.74) is 0.375. The van der Waals surface area contributed by atoms with E-state index in [-0.39, 0.29) is 29.9 Å². The number of nitrogens with zero attached hydrogens (tertiary/aromatic N) is 3. The van der Waals surface area contributed by atoms with E-state index in [1.807, 2.05) is 0 Å². The first-order chi connectivity index (χ1) is 17.0. The third-order valence-electron chi connectivity index (χ3n) is 6.14. The molecule has 0 heterocycles. The Morgan fingerprint density at radius 2 is 1.81 bits per heavy atom. The van der Waals surface area contributed by atoms with Gasteiger partial charge in [0.05, 0.1) is 16.9 Å². The van der Waals surface area contributed by atoms with Crippen molar-refractivity contribution in [3.8, 4) is 0 Å². The maximum absolute atomic E-state index is 13.5. The molecule has 1 atom stereocenters. The number of nitro groups is 1. The number of carbonyl (C=O) groups excluding carboxylic acids is 2. The zero-order valence-electron chi connectivity index (χ0n) is 20.1. The molecule has 1 aliphatic carbocycles. The molecule has 1 N–H and O–H groups in total. The minimum absolute atomic E-state index is 0.0189. The average molecular weight is 537 g/mol. The first-order valence-corrected chi connectivity index (χ1v) is 13.7. The summed E-state index contributed by atoms with van der Waals surface area (Å²) < 4.78 is 26.0. The standard InChI is InChI=1S/C24H29ClN4O6S/c1-17(24(31)26-20-6-3-4-7-20)27(15-18-10-12-19(25)13-11-18)23(30)16-28(36(2,34)35)21-8-5-9-22(14-21)29(32)33/h5,8-14,17,20H,3-4,6-7,15-16H2,1-2H3,(H,26,31)/t17-/m0/s1. The summed E-state index contributed by atoms with van der Waals surface area (Å²) in [6.07, 6.45) is 4.72. The summed E-state index contributed by atoms with van der Waals surface area (Å²) in [5, 5.41) is 14.7. The fourth-order valence-corrected chi connectivity index (χ4v) is 5.10. The van der Waals surface area contributed by atoms with E-state index in [2.05, 4.69) is 5.32 Å². The molecule has 0 spiro atoms. The van der Waals surface area contributed by atoms with Crippen LogP contribution in [0.4, 0.5) is 11.4 Å². The molecule has 12 heteroatoms. The number of nitro benzene ring substituents is 1. The predicted molar refractivity (Wildman–Crippen MR) is 137 cm³/mol. The highest BCUT2D eigenvalue weighted by Gasteiger charge is 2.31. The van der Waals surface area contributed by atoms with Gasteiger partial charge in [0.15, 0.2) is 0 Å². The Bertz CT molecular complexity index is 1220. The van der Waals surface area contributed by atoms with Crippen LogP contribution in [0, 0.1) is 10.1 Å². The Labute approximate surface area is 215 Å². The van der Waals surface area contributed by atoms with E-state index in [1.54, 1.807) is 31.2 Å². The fourth-order valence-electron chi connectivity index (χ4n) is 4.14. The van der Waals surface area contributed by atoms with Gasteiger partial charge in [-0.25, -0.2) is 8.42 Å². The molecule has 1 saturated carbocycles. The van der Waals surface area contributed by atoms with Gasteiger partial charge in [-0.2, -0.15) is 0 Å². The number of non-ortho nitro benzene ring substituents is 1. The van der Waals surface area contributed by atoms with Crippen LogP contribution < -0.4 is 9.62 Å². The fraction of sp³-hybridized carbons (Fsp3) is 0.417. The van der Waals surface area contributed by atoms with Crippen LogP contribution >= 0.6 is 11.6 Å². The molecule has 0 aliphatic heterocycles. The first kappa shape index (κ1) is 27.4. The lowest BCUT2D eigenvalue weighted by molar-refractivity contribution is -0.384. The minimum Gasteiger partial charge on any atom is -0.352 e. The number of rotatable bonds is 10. The molecule has 36 heavy (non-hydrogen) atoms. The van der Waals surface area contributed by atoms with Crippen LogP contribution in [0.25, 0.3) is 0 Å². The van der Waals surface area contributed by atoms with E-state index < -0.39 is 33.4 Å². The molecule has 3 rings (SSSR count). The lowest BCUT2D eigenvalue weighted by Gasteiger charge is -2.32. The van der Waals surface area contributed by atoms with Crippen LogP contribution in [-0.2, 0) is 26.2 Å². The number of hydrogen-bond donors (Lipinski definition) is 1. The van der Waals surface area contributed by atoms with Gasteiger partial charge >= 0.3 is 0 Å². The van der Waals surface area contributed by atoms with Gasteiger partial charge in [-0.3, -0.25) is 24.0 Å². The maximum atomic E-state index is 13.5. The van der Waals surface area contributed by atoms with Crippen LogP contribution in [0.2, 0.25) is 5.02 Å². The van der Waals surface area contributed by atoms with E-state index in [0.717, 1.165) is 42.3 Å². The zero-order valence-corrected chi connectivity index (χ0v) is 21.7. The van der Waals surface area contributed by atoms with Crippen molar-refractivity contribution in [3.63, 3.8) is 0 Å². The monoisotopic (exact) mass is 536 g/mol. The normalized spacial score (nSPS) is 14.8. The maximum Gasteiger partial charge on any atom is 0.271 e. The van der Waals surface area contributed by atoms with Gasteiger partial charge in [-0.15, -0.1) is 0 Å². The van der Waals surface area contributed by atoms with Crippen LogP contribution in [0.1, 0.15) is 38.2 Å². The molecule has 194 valence electrons. The molecule has 2 aromatic rings. The molecular formula is C24H29ClN4O6S. The number of sulfonamides is 1. The summed E-state index contributed by atoms with van der Waals surface area (Å²) in [5.74, 6) is -0.957. The molecule has 2 amide bonds. The molecule has 0 aromatic heterocycles. The van der Waals surface area contributed by atoms with Crippen molar-refractivity contribution in [2.75, 3.05) is 17.1 Å². The summed E-state index contributed by atoms with van der Waals surface area (Å²) in [4.78, 5) is 38.4. The summed E-state index contributed by atoms with van der Waals surface area (Å²) in [6.45, 7) is 1.01. The van der Waals surface area contributed by atoms with E-state index in [0.29, 0.717) is 10.6 Å². The highest BCUT2D eigenvalue weighted by atomic mass is 35.5. The smallest absolute Gasteiger partial charge is 0.271 e. The summed E-state index contributed by atoms with van der Waals surface area (Å²) in [7, 11) is -3.99. The van der Waals surface area contributed by atoms with Crippen molar-refractivity contribution in [1.29, 1.82) is 0 Å². The topological polar surface area (TPSA) is 130 Å². The van der Waals surface area contributed by atoms with Gasteiger partial charge in [-0.1, -0.05) is 42.6 Å². The van der Waals surface area contributed by atoms with Crippen molar-refractivity contribution >= 4 is 44.8 Å². The van der Waals surface area contributed by atoms with E-state index >= 15 is 0 Å². The zero-order chi connectivity index (χ0) is 26.5. The molecule has 2 aromatic carbocycles. The highest BCUT2D eigenvalue weighted by molar-refractivity contribution is 7.92. The van der Waals surface area contributed by atoms with Gasteiger partial charge in [0.2, 0.25) is 21.8 Å². The van der Waals surface area contributed by atoms with Crippen LogP contribution in [-0.4, -0.2) is 54.9 Å². The van der Waals surface area contributed by atoms with Gasteiger partial charge in [0.1, 0.15) is 12.6 Å². The Kier molecular flexibility index (Phi) is 8.91. The van der Waals surface area contributed by atoms with Gasteiger partial charge < -0.3 is 10.2 Å². The number of carbonyl (C=O) groups is 2.